The summed E-state index contributed by atoms with van der Waals surface area (Å²) in [4.78, 5) is 10.5. The molecule has 0 saturated carbocycles. The summed E-state index contributed by atoms with van der Waals surface area (Å²) in [5.41, 5.74) is 8.98. The Morgan fingerprint density at radius 3 is 2.89 bits per heavy atom. The lowest BCUT2D eigenvalue weighted by atomic mass is 10.1. The highest BCUT2D eigenvalue weighted by atomic mass is 16.5. The number of urea groups is 1. The average Bonchev–Trinajstić information content (AvgIpc) is 2.36. The molecule has 0 heterocycles. The third-order valence-electron chi connectivity index (χ3n) is 2.59. The van der Waals surface area contributed by atoms with Gasteiger partial charge in [-0.05, 0) is 42.7 Å². The summed E-state index contributed by atoms with van der Waals surface area (Å²) in [5, 5.41) is 3.71. The number of benzene rings is 1. The van der Waals surface area contributed by atoms with Gasteiger partial charge in [-0.1, -0.05) is 19.8 Å². The number of rotatable bonds is 7. The number of hydrogen-bond acceptors (Lipinski definition) is 3. The van der Waals surface area contributed by atoms with Crippen LogP contribution in [0.1, 0.15) is 37.3 Å². The number of carbonyl (C=O) groups excluding carboxylic acids is 1. The number of hydrazone groups is 1. The molecule has 1 aromatic carbocycles. The first-order valence-electron chi connectivity index (χ1n) is 6.45. The van der Waals surface area contributed by atoms with Crippen molar-refractivity contribution in [3.63, 3.8) is 0 Å². The van der Waals surface area contributed by atoms with Gasteiger partial charge < -0.3 is 10.5 Å². The molecule has 0 aliphatic heterocycles. The lowest BCUT2D eigenvalue weighted by Gasteiger charge is -2.09. The van der Waals surface area contributed by atoms with E-state index in [-0.39, 0.29) is 0 Å². The second kappa shape index (κ2) is 8.13. The molecule has 0 bridgehead atoms. The van der Waals surface area contributed by atoms with E-state index in [0.29, 0.717) is 0 Å². The van der Waals surface area contributed by atoms with Crippen LogP contribution < -0.4 is 15.9 Å². The van der Waals surface area contributed by atoms with Crippen molar-refractivity contribution in [2.75, 3.05) is 6.61 Å². The van der Waals surface area contributed by atoms with Gasteiger partial charge in [0.2, 0.25) is 0 Å². The summed E-state index contributed by atoms with van der Waals surface area (Å²) in [7, 11) is 0. The van der Waals surface area contributed by atoms with Crippen molar-refractivity contribution < 1.29 is 9.53 Å². The highest BCUT2D eigenvalue weighted by Crippen LogP contribution is 2.18. The summed E-state index contributed by atoms with van der Waals surface area (Å²) in [5.74, 6) is 0.885. The molecule has 0 spiro atoms. The Kier molecular flexibility index (Phi) is 6.43. The second-order valence-corrected chi connectivity index (χ2v) is 4.31. The van der Waals surface area contributed by atoms with Crippen LogP contribution in [0.25, 0.3) is 0 Å². The van der Waals surface area contributed by atoms with Crippen LogP contribution >= 0.6 is 0 Å². The molecule has 0 aromatic heterocycles. The summed E-state index contributed by atoms with van der Waals surface area (Å²) < 4.78 is 5.70. The molecule has 0 fully saturated rings. The van der Waals surface area contributed by atoms with Crippen LogP contribution in [0.3, 0.4) is 0 Å². The molecule has 19 heavy (non-hydrogen) atoms. The molecule has 2 amide bonds. The lowest BCUT2D eigenvalue weighted by molar-refractivity contribution is 0.249. The molecule has 5 nitrogen and oxygen atoms in total. The molecule has 5 heteroatoms. The fraction of sp³-hybridized carbons (Fsp3) is 0.429. The first kappa shape index (κ1) is 15.0. The van der Waals surface area contributed by atoms with Crippen molar-refractivity contribution in [2.24, 2.45) is 10.8 Å². The molecule has 0 unspecified atom stereocenters. The molecule has 1 aromatic rings. The minimum atomic E-state index is -0.677. The lowest BCUT2D eigenvalue weighted by Crippen LogP contribution is -2.24. The van der Waals surface area contributed by atoms with Crippen molar-refractivity contribution in [1.82, 2.24) is 5.43 Å². The molecule has 0 aliphatic rings. The Hall–Kier alpha value is -2.04. The molecule has 3 N–H and O–H groups in total. The van der Waals surface area contributed by atoms with Crippen molar-refractivity contribution in [2.45, 2.75) is 33.1 Å². The van der Waals surface area contributed by atoms with Crippen LogP contribution in [0, 0.1) is 6.92 Å². The number of nitrogens with zero attached hydrogens (tertiary/aromatic N) is 1. The van der Waals surface area contributed by atoms with E-state index in [1.165, 1.54) is 12.8 Å². The van der Waals surface area contributed by atoms with Crippen LogP contribution in [0.4, 0.5) is 4.79 Å². The quantitative estimate of drug-likeness (QED) is 0.450. The fourth-order valence-electron chi connectivity index (χ4n) is 1.62. The van der Waals surface area contributed by atoms with Gasteiger partial charge >= 0.3 is 6.03 Å². The molecule has 104 valence electrons. The van der Waals surface area contributed by atoms with Gasteiger partial charge in [-0.2, -0.15) is 5.10 Å². The van der Waals surface area contributed by atoms with E-state index in [1.54, 1.807) is 6.21 Å². The number of aryl methyl sites for hydroxylation is 1. The predicted octanol–water partition coefficient (Wildman–Crippen LogP) is 2.57. The number of nitrogens with one attached hydrogen (secondary N) is 1. The zero-order valence-corrected chi connectivity index (χ0v) is 11.5. The highest BCUT2D eigenvalue weighted by Gasteiger charge is 2.00. The first-order chi connectivity index (χ1) is 9.13. The van der Waals surface area contributed by atoms with E-state index >= 15 is 0 Å². The molecular weight excluding hydrogens is 242 g/mol. The molecule has 0 radical (unpaired) electrons. The number of amides is 2. The van der Waals surface area contributed by atoms with Gasteiger partial charge in [0.1, 0.15) is 5.75 Å². The summed E-state index contributed by atoms with van der Waals surface area (Å²) in [6.07, 6.45) is 4.98. The predicted molar refractivity (Wildman–Crippen MR) is 76.5 cm³/mol. The van der Waals surface area contributed by atoms with Crippen LogP contribution in [0.15, 0.2) is 23.3 Å². The summed E-state index contributed by atoms with van der Waals surface area (Å²) in [6.45, 7) is 4.89. The number of carbonyl (C=O) groups is 1. The minimum Gasteiger partial charge on any atom is -0.493 e. The number of unbranched alkanes of at least 4 members (excludes halogenated alkanes) is 2. The average molecular weight is 263 g/mol. The zero-order valence-electron chi connectivity index (χ0n) is 11.5. The van der Waals surface area contributed by atoms with E-state index in [4.69, 9.17) is 10.5 Å². The van der Waals surface area contributed by atoms with Crippen LogP contribution in [-0.2, 0) is 0 Å². The number of ether oxygens (including phenoxy) is 1. The zero-order chi connectivity index (χ0) is 14.1. The van der Waals surface area contributed by atoms with Gasteiger partial charge in [0.05, 0.1) is 12.8 Å². The molecular formula is C14H21N3O2. The smallest absolute Gasteiger partial charge is 0.332 e. The second-order valence-electron chi connectivity index (χ2n) is 4.31. The highest BCUT2D eigenvalue weighted by molar-refractivity contribution is 5.82. The maximum Gasteiger partial charge on any atom is 0.332 e. The Labute approximate surface area is 113 Å². The van der Waals surface area contributed by atoms with Crippen molar-refractivity contribution in [3.8, 4) is 5.75 Å². The summed E-state index contributed by atoms with van der Waals surface area (Å²) >= 11 is 0. The maximum absolute atomic E-state index is 10.5. The fourth-order valence-corrected chi connectivity index (χ4v) is 1.62. The van der Waals surface area contributed by atoms with Crippen LogP contribution in [0.5, 0.6) is 5.75 Å². The third kappa shape index (κ3) is 5.90. The Morgan fingerprint density at radius 1 is 1.47 bits per heavy atom. The van der Waals surface area contributed by atoms with Gasteiger partial charge in [0, 0.05) is 0 Å². The Bertz CT molecular complexity index is 444. The van der Waals surface area contributed by atoms with Gasteiger partial charge in [-0.3, -0.25) is 0 Å². The largest absolute Gasteiger partial charge is 0.493 e. The third-order valence-corrected chi connectivity index (χ3v) is 2.59. The number of primary amides is 1. The molecule has 0 atom stereocenters. The van der Waals surface area contributed by atoms with Crippen molar-refractivity contribution >= 4 is 12.2 Å². The molecule has 1 rings (SSSR count). The molecule has 0 aliphatic carbocycles. The van der Waals surface area contributed by atoms with Crippen LogP contribution in [-0.4, -0.2) is 18.9 Å². The summed E-state index contributed by atoms with van der Waals surface area (Å²) in [6, 6.07) is 5.06. The normalized spacial score (nSPS) is 10.6. The van der Waals surface area contributed by atoms with E-state index in [2.05, 4.69) is 17.5 Å². The van der Waals surface area contributed by atoms with Crippen molar-refractivity contribution in [3.05, 3.63) is 29.3 Å². The maximum atomic E-state index is 10.5. The van der Waals surface area contributed by atoms with E-state index in [9.17, 15) is 4.79 Å². The van der Waals surface area contributed by atoms with E-state index in [1.807, 2.05) is 25.1 Å². The number of nitrogens with two attached hydrogens (primary N) is 1. The van der Waals surface area contributed by atoms with Crippen LogP contribution in [0.2, 0.25) is 0 Å². The standard InChI is InChI=1S/C14H21N3O2/c1-3-4-5-8-19-13-7-6-12(9-11(13)2)10-16-17-14(15)18/h6-7,9-10H,3-5,8H2,1-2H3,(H3,15,17,18). The SMILES string of the molecule is CCCCCOc1ccc(C=NNC(N)=O)cc1C. The number of hydrogen-bond donors (Lipinski definition) is 2. The van der Waals surface area contributed by atoms with Gasteiger partial charge in [0.15, 0.2) is 0 Å². The van der Waals surface area contributed by atoms with Gasteiger partial charge in [-0.25, -0.2) is 10.2 Å². The van der Waals surface area contributed by atoms with E-state index in [0.717, 1.165) is 29.9 Å². The Balaban J connectivity index is 2.54. The van der Waals surface area contributed by atoms with Crippen molar-refractivity contribution in [1.29, 1.82) is 0 Å². The van der Waals surface area contributed by atoms with Gasteiger partial charge in [-0.15, -0.1) is 0 Å². The Morgan fingerprint density at radius 2 is 2.26 bits per heavy atom. The monoisotopic (exact) mass is 263 g/mol. The molecule has 0 saturated heterocycles. The minimum absolute atomic E-state index is 0.677. The topological polar surface area (TPSA) is 76.7 Å². The first-order valence-corrected chi connectivity index (χ1v) is 6.45. The van der Waals surface area contributed by atoms with Gasteiger partial charge in [0.25, 0.3) is 0 Å². The van der Waals surface area contributed by atoms with E-state index < -0.39 is 6.03 Å².